The Labute approximate surface area is 52.0 Å². The molecule has 1 heterocycles. The van der Waals surface area contributed by atoms with Crippen molar-refractivity contribution in [3.63, 3.8) is 0 Å². The lowest BCUT2D eigenvalue weighted by molar-refractivity contribution is 0.275. The average molecular weight is 126 g/mol. The molecule has 0 saturated carbocycles. The van der Waals surface area contributed by atoms with Gasteiger partial charge in [-0.1, -0.05) is 0 Å². The molecule has 1 aromatic heterocycles. The van der Waals surface area contributed by atoms with Gasteiger partial charge in [-0.3, -0.25) is 4.98 Å². The highest BCUT2D eigenvalue weighted by molar-refractivity contribution is 5.09. The second-order valence-corrected chi connectivity index (χ2v) is 1.56. The van der Waals surface area contributed by atoms with Gasteiger partial charge in [0.2, 0.25) is 0 Å². The molecule has 1 aromatic rings. The Morgan fingerprint density at radius 2 is 2.56 bits per heavy atom. The van der Waals surface area contributed by atoms with Crippen molar-refractivity contribution in [1.29, 1.82) is 0 Å². The van der Waals surface area contributed by atoms with Gasteiger partial charge in [0.1, 0.15) is 5.82 Å². The van der Waals surface area contributed by atoms with Crippen molar-refractivity contribution in [1.82, 2.24) is 4.98 Å². The molecule has 0 aromatic carbocycles. The van der Waals surface area contributed by atoms with Crippen LogP contribution in [0, 0.1) is 12.0 Å². The van der Waals surface area contributed by atoms with Crippen molar-refractivity contribution in [3.05, 3.63) is 29.8 Å². The van der Waals surface area contributed by atoms with Crippen LogP contribution in [0.15, 0.2) is 12.3 Å². The van der Waals surface area contributed by atoms with Crippen molar-refractivity contribution in [2.75, 3.05) is 0 Å². The van der Waals surface area contributed by atoms with Crippen LogP contribution in [0.4, 0.5) is 4.39 Å². The molecular formula is C6H5FNO. The predicted octanol–water partition coefficient (Wildman–Crippen LogP) is 0.513. The summed E-state index contributed by atoms with van der Waals surface area (Å²) in [5.41, 5.74) is 0.227. The molecule has 0 aliphatic heterocycles. The molecule has 47 valence electrons. The van der Waals surface area contributed by atoms with Gasteiger partial charge in [-0.25, -0.2) is 4.39 Å². The minimum atomic E-state index is -0.490. The summed E-state index contributed by atoms with van der Waals surface area (Å²) in [4.78, 5) is 3.38. The van der Waals surface area contributed by atoms with E-state index < -0.39 is 5.82 Å². The first-order valence-electron chi connectivity index (χ1n) is 2.46. The van der Waals surface area contributed by atoms with Crippen molar-refractivity contribution >= 4 is 0 Å². The van der Waals surface area contributed by atoms with Gasteiger partial charge in [0, 0.05) is 5.56 Å². The lowest BCUT2D eigenvalue weighted by atomic mass is 10.3. The first kappa shape index (κ1) is 6.16. The number of aromatic nitrogens is 1. The summed E-state index contributed by atoms with van der Waals surface area (Å²) >= 11 is 0. The summed E-state index contributed by atoms with van der Waals surface area (Å²) < 4.78 is 12.3. The zero-order valence-electron chi connectivity index (χ0n) is 4.63. The third-order valence-corrected chi connectivity index (χ3v) is 0.968. The quantitative estimate of drug-likeness (QED) is 0.594. The Kier molecular flexibility index (Phi) is 1.75. The molecule has 0 aliphatic carbocycles. The monoisotopic (exact) mass is 126 g/mol. The van der Waals surface area contributed by atoms with Gasteiger partial charge in [0.05, 0.1) is 19.0 Å². The summed E-state index contributed by atoms with van der Waals surface area (Å²) in [7, 11) is 0. The lowest BCUT2D eigenvalue weighted by Crippen LogP contribution is -1.89. The van der Waals surface area contributed by atoms with Crippen LogP contribution in [0.5, 0.6) is 0 Å². The largest absolute Gasteiger partial charge is 0.392 e. The van der Waals surface area contributed by atoms with Crippen molar-refractivity contribution in [2.24, 2.45) is 0 Å². The van der Waals surface area contributed by atoms with Crippen molar-refractivity contribution in [2.45, 2.75) is 6.61 Å². The van der Waals surface area contributed by atoms with E-state index in [-0.39, 0.29) is 12.2 Å². The predicted molar refractivity (Wildman–Crippen MR) is 29.0 cm³/mol. The fraction of sp³-hybridized carbons (Fsp3) is 0.167. The molecule has 0 fully saturated rings. The smallest absolute Gasteiger partial charge is 0.147 e. The van der Waals surface area contributed by atoms with E-state index in [0.717, 1.165) is 6.20 Å². The summed E-state index contributed by atoms with van der Waals surface area (Å²) in [5.74, 6) is -0.490. The molecule has 0 bridgehead atoms. The summed E-state index contributed by atoms with van der Waals surface area (Å²) in [5, 5.41) is 8.43. The number of halogens is 1. The molecule has 0 saturated heterocycles. The highest BCUT2D eigenvalue weighted by atomic mass is 19.1. The molecule has 9 heavy (non-hydrogen) atoms. The first-order valence-corrected chi connectivity index (χ1v) is 2.46. The molecule has 1 N–H and O–H groups in total. The normalized spacial score (nSPS) is 9.56. The average Bonchev–Trinajstić information content (AvgIpc) is 1.89. The van der Waals surface area contributed by atoms with Crippen LogP contribution in [-0.4, -0.2) is 10.1 Å². The molecular weight excluding hydrogens is 121 g/mol. The molecule has 0 atom stereocenters. The van der Waals surface area contributed by atoms with E-state index in [1.54, 1.807) is 0 Å². The lowest BCUT2D eigenvalue weighted by Gasteiger charge is -1.92. The van der Waals surface area contributed by atoms with Crippen LogP contribution in [0.2, 0.25) is 0 Å². The maximum Gasteiger partial charge on any atom is 0.147 e. The minimum Gasteiger partial charge on any atom is -0.392 e. The van der Waals surface area contributed by atoms with Crippen LogP contribution in [-0.2, 0) is 6.61 Å². The summed E-state index contributed by atoms with van der Waals surface area (Å²) in [6.45, 7) is -0.301. The van der Waals surface area contributed by atoms with Crippen LogP contribution in [0.3, 0.4) is 0 Å². The number of nitrogens with zero attached hydrogens (tertiary/aromatic N) is 1. The molecule has 0 unspecified atom stereocenters. The number of aliphatic hydroxyl groups is 1. The first-order chi connectivity index (χ1) is 4.34. The van der Waals surface area contributed by atoms with Crippen LogP contribution in [0.25, 0.3) is 0 Å². The number of pyridine rings is 1. The molecule has 0 spiro atoms. The fourth-order valence-electron chi connectivity index (χ4n) is 0.482. The topological polar surface area (TPSA) is 33.1 Å². The fourth-order valence-corrected chi connectivity index (χ4v) is 0.482. The van der Waals surface area contributed by atoms with E-state index in [9.17, 15) is 4.39 Å². The third kappa shape index (κ3) is 1.23. The van der Waals surface area contributed by atoms with Crippen molar-refractivity contribution < 1.29 is 9.50 Å². The Morgan fingerprint density at radius 3 is 3.00 bits per heavy atom. The molecule has 2 nitrogen and oxygen atoms in total. The molecule has 1 radical (unpaired) electrons. The summed E-state index contributed by atoms with van der Waals surface area (Å²) in [6, 6.07) is 1.31. The highest BCUT2D eigenvalue weighted by Crippen LogP contribution is 2.01. The Balaban J connectivity index is 3.01. The maximum absolute atomic E-state index is 12.3. The number of rotatable bonds is 1. The Morgan fingerprint density at radius 1 is 1.78 bits per heavy atom. The molecule has 0 aliphatic rings. The highest BCUT2D eigenvalue weighted by Gasteiger charge is 1.96. The van der Waals surface area contributed by atoms with Gasteiger partial charge in [-0.2, -0.15) is 0 Å². The van der Waals surface area contributed by atoms with Crippen LogP contribution in [0.1, 0.15) is 5.56 Å². The Bertz CT molecular complexity index is 202. The van der Waals surface area contributed by atoms with E-state index in [0.29, 0.717) is 0 Å². The van der Waals surface area contributed by atoms with Gasteiger partial charge in [-0.05, 0) is 6.07 Å². The number of hydrogen-bond donors (Lipinski definition) is 1. The van der Waals surface area contributed by atoms with Gasteiger partial charge in [0.25, 0.3) is 0 Å². The van der Waals surface area contributed by atoms with Gasteiger partial charge >= 0.3 is 0 Å². The zero-order chi connectivity index (χ0) is 6.69. The van der Waals surface area contributed by atoms with E-state index >= 15 is 0 Å². The third-order valence-electron chi connectivity index (χ3n) is 0.968. The van der Waals surface area contributed by atoms with Crippen LogP contribution >= 0.6 is 0 Å². The second kappa shape index (κ2) is 2.55. The van der Waals surface area contributed by atoms with E-state index in [1.807, 2.05) is 0 Å². The Hall–Kier alpha value is -0.960. The molecule has 0 amide bonds. The van der Waals surface area contributed by atoms with E-state index in [2.05, 4.69) is 11.2 Å². The van der Waals surface area contributed by atoms with Gasteiger partial charge in [0.15, 0.2) is 0 Å². The molecule has 1 rings (SSSR count). The molecule has 3 heteroatoms. The standard InChI is InChI=1S/C6H5FNO/c7-6-3-8-2-1-5(6)4-9/h1,3,9H,4H2. The number of aliphatic hydroxyl groups excluding tert-OH is 1. The zero-order valence-corrected chi connectivity index (χ0v) is 4.63. The van der Waals surface area contributed by atoms with Crippen LogP contribution < -0.4 is 0 Å². The SMILES string of the molecule is OCc1c[c]ncc1F. The number of hydrogen-bond acceptors (Lipinski definition) is 2. The van der Waals surface area contributed by atoms with Gasteiger partial charge < -0.3 is 5.11 Å². The van der Waals surface area contributed by atoms with E-state index in [4.69, 9.17) is 5.11 Å². The van der Waals surface area contributed by atoms with Gasteiger partial charge in [-0.15, -0.1) is 0 Å². The second-order valence-electron chi connectivity index (χ2n) is 1.56. The summed E-state index contributed by atoms with van der Waals surface area (Å²) in [6.07, 6.45) is 3.42. The van der Waals surface area contributed by atoms with Crippen molar-refractivity contribution in [3.8, 4) is 0 Å². The maximum atomic E-state index is 12.3. The minimum absolute atomic E-state index is 0.227. The van der Waals surface area contributed by atoms with E-state index in [1.165, 1.54) is 6.07 Å².